The van der Waals surface area contributed by atoms with Crippen LogP contribution in [-0.4, -0.2) is 49.1 Å². The van der Waals surface area contributed by atoms with E-state index in [1.807, 2.05) is 13.2 Å². The van der Waals surface area contributed by atoms with Crippen LogP contribution in [0, 0.1) is 6.92 Å². The molecule has 0 amide bonds. The van der Waals surface area contributed by atoms with Crippen molar-refractivity contribution < 1.29 is 0 Å². The van der Waals surface area contributed by atoms with Gasteiger partial charge in [0.2, 0.25) is 0 Å². The minimum atomic E-state index is 0. The van der Waals surface area contributed by atoms with Crippen molar-refractivity contribution in [2.45, 2.75) is 26.3 Å². The quantitative estimate of drug-likeness (QED) is 0.376. The number of halogens is 1. The first-order chi connectivity index (χ1) is 12.2. The molecule has 7 heteroatoms. The SMILES string of the molecule is CN=C(NCCc1ncc(C)s1)NCCN1CCc2ccccc2C1.I. The van der Waals surface area contributed by atoms with Gasteiger partial charge in [-0.15, -0.1) is 35.3 Å². The number of nitrogens with one attached hydrogen (secondary N) is 2. The first kappa shape index (κ1) is 21.1. The lowest BCUT2D eigenvalue weighted by Gasteiger charge is -2.28. The Hall–Kier alpha value is -1.19. The van der Waals surface area contributed by atoms with Gasteiger partial charge in [0.25, 0.3) is 0 Å². The van der Waals surface area contributed by atoms with E-state index in [0.29, 0.717) is 0 Å². The van der Waals surface area contributed by atoms with Gasteiger partial charge in [-0.05, 0) is 24.5 Å². The Labute approximate surface area is 177 Å². The molecular formula is C19H28IN5S. The number of benzene rings is 1. The number of aryl methyl sites for hydroxylation is 1. The van der Waals surface area contributed by atoms with E-state index in [9.17, 15) is 0 Å². The highest BCUT2D eigenvalue weighted by Crippen LogP contribution is 2.17. The summed E-state index contributed by atoms with van der Waals surface area (Å²) in [4.78, 5) is 12.5. The third kappa shape index (κ3) is 6.21. The fourth-order valence-corrected chi connectivity index (χ4v) is 3.89. The zero-order valence-electron chi connectivity index (χ0n) is 15.5. The lowest BCUT2D eigenvalue weighted by molar-refractivity contribution is 0.258. The maximum Gasteiger partial charge on any atom is 0.191 e. The van der Waals surface area contributed by atoms with Crippen molar-refractivity contribution in [3.63, 3.8) is 0 Å². The second-order valence-corrected chi connectivity index (χ2v) is 7.65. The molecule has 2 N–H and O–H groups in total. The second kappa shape index (κ2) is 10.8. The van der Waals surface area contributed by atoms with Crippen molar-refractivity contribution in [1.29, 1.82) is 0 Å². The molecule has 0 radical (unpaired) electrons. The van der Waals surface area contributed by atoms with E-state index < -0.39 is 0 Å². The third-order valence-electron chi connectivity index (χ3n) is 4.45. The standard InChI is InChI=1S/C19H27N5S.HI/c1-15-13-23-18(25-15)7-9-21-19(20-2)22-10-12-24-11-8-16-5-3-4-6-17(16)14-24;/h3-6,13H,7-12,14H2,1-2H3,(H2,20,21,22);1H. The number of thiazole rings is 1. The largest absolute Gasteiger partial charge is 0.356 e. The molecule has 0 bridgehead atoms. The molecule has 0 saturated carbocycles. The summed E-state index contributed by atoms with van der Waals surface area (Å²) in [6.45, 7) is 7.05. The molecule has 2 heterocycles. The molecule has 26 heavy (non-hydrogen) atoms. The van der Waals surface area contributed by atoms with Crippen molar-refractivity contribution in [2.24, 2.45) is 4.99 Å². The van der Waals surface area contributed by atoms with E-state index in [1.54, 1.807) is 11.3 Å². The Morgan fingerprint density at radius 3 is 2.73 bits per heavy atom. The van der Waals surface area contributed by atoms with Crippen LogP contribution in [0.3, 0.4) is 0 Å². The molecule has 1 aliphatic rings. The average molecular weight is 485 g/mol. The van der Waals surface area contributed by atoms with Gasteiger partial charge in [0, 0.05) is 57.3 Å². The van der Waals surface area contributed by atoms with Crippen molar-refractivity contribution in [1.82, 2.24) is 20.5 Å². The van der Waals surface area contributed by atoms with Gasteiger partial charge < -0.3 is 10.6 Å². The van der Waals surface area contributed by atoms with Gasteiger partial charge in [0.05, 0.1) is 5.01 Å². The maximum absolute atomic E-state index is 4.39. The molecule has 0 atom stereocenters. The Morgan fingerprint density at radius 2 is 2.00 bits per heavy atom. The van der Waals surface area contributed by atoms with Crippen LogP contribution in [0.15, 0.2) is 35.5 Å². The van der Waals surface area contributed by atoms with E-state index in [-0.39, 0.29) is 24.0 Å². The summed E-state index contributed by atoms with van der Waals surface area (Å²) in [6.07, 6.45) is 4.02. The molecule has 2 aromatic rings. The summed E-state index contributed by atoms with van der Waals surface area (Å²) >= 11 is 1.76. The van der Waals surface area contributed by atoms with E-state index in [4.69, 9.17) is 0 Å². The van der Waals surface area contributed by atoms with E-state index in [2.05, 4.69) is 56.7 Å². The molecule has 1 aromatic carbocycles. The molecule has 1 aromatic heterocycles. The number of aromatic nitrogens is 1. The van der Waals surface area contributed by atoms with Crippen molar-refractivity contribution in [3.8, 4) is 0 Å². The number of rotatable bonds is 6. The summed E-state index contributed by atoms with van der Waals surface area (Å²) in [6, 6.07) is 8.77. The molecule has 0 saturated heterocycles. The Morgan fingerprint density at radius 1 is 1.23 bits per heavy atom. The van der Waals surface area contributed by atoms with Gasteiger partial charge in [-0.25, -0.2) is 4.98 Å². The number of nitrogens with zero attached hydrogens (tertiary/aromatic N) is 3. The van der Waals surface area contributed by atoms with Crippen molar-refractivity contribution in [2.75, 3.05) is 33.2 Å². The van der Waals surface area contributed by atoms with Crippen LogP contribution >= 0.6 is 35.3 Å². The van der Waals surface area contributed by atoms with E-state index in [1.165, 1.54) is 21.0 Å². The van der Waals surface area contributed by atoms with Crippen LogP contribution in [0.1, 0.15) is 21.0 Å². The predicted octanol–water partition coefficient (Wildman–Crippen LogP) is 2.84. The minimum Gasteiger partial charge on any atom is -0.356 e. The van der Waals surface area contributed by atoms with Crippen LogP contribution in [0.2, 0.25) is 0 Å². The van der Waals surface area contributed by atoms with Crippen LogP contribution in [0.5, 0.6) is 0 Å². The number of aliphatic imine (C=N–C) groups is 1. The molecule has 0 aliphatic carbocycles. The zero-order valence-corrected chi connectivity index (χ0v) is 18.6. The second-order valence-electron chi connectivity index (χ2n) is 6.34. The Kier molecular flexibility index (Phi) is 8.80. The van der Waals surface area contributed by atoms with Crippen LogP contribution in [0.25, 0.3) is 0 Å². The highest BCUT2D eigenvalue weighted by atomic mass is 127. The summed E-state index contributed by atoms with van der Waals surface area (Å²) < 4.78 is 0. The van der Waals surface area contributed by atoms with Gasteiger partial charge in [-0.2, -0.15) is 0 Å². The number of hydrogen-bond acceptors (Lipinski definition) is 4. The topological polar surface area (TPSA) is 52.6 Å². The fraction of sp³-hybridized carbons (Fsp3) is 0.474. The average Bonchev–Trinajstić information content (AvgIpc) is 3.05. The summed E-state index contributed by atoms with van der Waals surface area (Å²) in [5.41, 5.74) is 2.97. The molecule has 0 spiro atoms. The first-order valence-electron chi connectivity index (χ1n) is 8.89. The molecule has 0 fully saturated rings. The summed E-state index contributed by atoms with van der Waals surface area (Å²) in [5, 5.41) is 7.95. The minimum absolute atomic E-state index is 0. The van der Waals surface area contributed by atoms with Gasteiger partial charge in [-0.1, -0.05) is 24.3 Å². The molecule has 1 aliphatic heterocycles. The monoisotopic (exact) mass is 485 g/mol. The maximum atomic E-state index is 4.39. The summed E-state index contributed by atoms with van der Waals surface area (Å²) in [7, 11) is 1.82. The highest BCUT2D eigenvalue weighted by molar-refractivity contribution is 14.0. The molecule has 0 unspecified atom stereocenters. The van der Waals surface area contributed by atoms with Gasteiger partial charge >= 0.3 is 0 Å². The lowest BCUT2D eigenvalue weighted by atomic mass is 10.00. The molecule has 3 rings (SSSR count). The molecule has 142 valence electrons. The lowest BCUT2D eigenvalue weighted by Crippen LogP contribution is -2.43. The Balaban J connectivity index is 0.00000243. The number of fused-ring (bicyclic) bond motifs is 1. The van der Waals surface area contributed by atoms with Gasteiger partial charge in [-0.3, -0.25) is 9.89 Å². The summed E-state index contributed by atoms with van der Waals surface area (Å²) in [5.74, 6) is 0.866. The zero-order chi connectivity index (χ0) is 17.5. The van der Waals surface area contributed by atoms with Crippen LogP contribution in [0.4, 0.5) is 0 Å². The first-order valence-corrected chi connectivity index (χ1v) is 9.71. The number of guanidine groups is 1. The predicted molar refractivity (Wildman–Crippen MR) is 121 cm³/mol. The van der Waals surface area contributed by atoms with Gasteiger partial charge in [0.1, 0.15) is 0 Å². The smallest absolute Gasteiger partial charge is 0.191 e. The van der Waals surface area contributed by atoms with Crippen LogP contribution < -0.4 is 10.6 Å². The Bertz CT molecular complexity index is 715. The van der Waals surface area contributed by atoms with E-state index >= 15 is 0 Å². The molecular weight excluding hydrogens is 457 g/mol. The number of hydrogen-bond donors (Lipinski definition) is 2. The molecule has 5 nitrogen and oxygen atoms in total. The van der Waals surface area contributed by atoms with Gasteiger partial charge in [0.15, 0.2) is 5.96 Å². The van der Waals surface area contributed by atoms with Crippen molar-refractivity contribution in [3.05, 3.63) is 51.5 Å². The highest BCUT2D eigenvalue weighted by Gasteiger charge is 2.15. The normalized spacial score (nSPS) is 14.5. The van der Waals surface area contributed by atoms with Crippen molar-refractivity contribution >= 4 is 41.3 Å². The third-order valence-corrected chi connectivity index (χ3v) is 5.43. The fourth-order valence-electron chi connectivity index (χ4n) is 3.10. The van der Waals surface area contributed by atoms with Crippen LogP contribution in [-0.2, 0) is 19.4 Å². The van der Waals surface area contributed by atoms with E-state index in [0.717, 1.165) is 51.5 Å².